The second-order valence-corrected chi connectivity index (χ2v) is 7.38. The molecule has 30 heavy (non-hydrogen) atoms. The molecular weight excluding hydrogens is 395 g/mol. The molecule has 0 bridgehead atoms. The highest BCUT2D eigenvalue weighted by molar-refractivity contribution is 5.98. The third-order valence-electron chi connectivity index (χ3n) is 5.20. The van der Waals surface area contributed by atoms with Crippen LogP contribution in [0, 0.1) is 5.82 Å². The monoisotopic (exact) mass is 418 g/mol. The molecule has 1 aromatic carbocycles. The third kappa shape index (κ3) is 4.21. The number of amides is 2. The number of likely N-dealkylation sites (tertiary alicyclic amines) is 1. The van der Waals surface area contributed by atoms with Gasteiger partial charge in [-0.2, -0.15) is 5.10 Å². The summed E-state index contributed by atoms with van der Waals surface area (Å²) in [5, 5.41) is 7.42. The summed E-state index contributed by atoms with van der Waals surface area (Å²) >= 11 is 0. The number of anilines is 2. The number of hydrogen-bond acceptors (Lipinski definition) is 7. The Morgan fingerprint density at radius 2 is 2.00 bits per heavy atom. The van der Waals surface area contributed by atoms with Gasteiger partial charge >= 0.3 is 6.09 Å². The minimum Gasteiger partial charge on any atom is -0.441 e. The Bertz CT molecular complexity index is 930. The first-order valence-corrected chi connectivity index (χ1v) is 9.61. The van der Waals surface area contributed by atoms with Gasteiger partial charge in [-0.25, -0.2) is 9.18 Å². The first-order chi connectivity index (χ1) is 14.4. The number of piperidine rings is 1. The number of benzene rings is 1. The molecule has 2 amide bonds. The maximum Gasteiger partial charge on any atom is 0.410 e. The van der Waals surface area contributed by atoms with E-state index in [4.69, 9.17) is 20.9 Å². The van der Waals surface area contributed by atoms with Crippen LogP contribution in [0.4, 0.5) is 20.7 Å². The van der Waals surface area contributed by atoms with E-state index in [0.717, 1.165) is 0 Å². The van der Waals surface area contributed by atoms with E-state index in [0.29, 0.717) is 38.4 Å². The molecule has 2 aliphatic heterocycles. The van der Waals surface area contributed by atoms with Crippen molar-refractivity contribution in [1.82, 2.24) is 14.7 Å². The lowest BCUT2D eigenvalue weighted by atomic mass is 10.0. The standard InChI is InChI=1S/C19H23FN6O4/c20-11-1-3-12(4-2-11)23-18-14(17(22)27)7-26(24-18)16-5-6-25(8-15(16)21)19(28)30-13-9-29-10-13/h1-4,7,13,15-16H,5-6,8-10,21H2,(H2,22,27)(H,23,24)/t15-,16-/m1/s1. The lowest BCUT2D eigenvalue weighted by molar-refractivity contribution is -0.106. The second-order valence-electron chi connectivity index (χ2n) is 7.38. The van der Waals surface area contributed by atoms with Crippen molar-refractivity contribution >= 4 is 23.5 Å². The van der Waals surface area contributed by atoms with Crippen LogP contribution in [-0.4, -0.2) is 65.1 Å². The van der Waals surface area contributed by atoms with Crippen LogP contribution in [-0.2, 0) is 9.47 Å². The van der Waals surface area contributed by atoms with Crippen LogP contribution in [0.15, 0.2) is 30.5 Å². The van der Waals surface area contributed by atoms with Gasteiger partial charge in [-0.1, -0.05) is 0 Å². The molecule has 2 aromatic rings. The normalized spacial score (nSPS) is 21.7. The van der Waals surface area contributed by atoms with Crippen LogP contribution in [0.3, 0.4) is 0 Å². The highest BCUT2D eigenvalue weighted by Crippen LogP contribution is 2.26. The highest BCUT2D eigenvalue weighted by atomic mass is 19.1. The number of hydrogen-bond donors (Lipinski definition) is 3. The number of halogens is 1. The SMILES string of the molecule is NC(=O)c1cn([C@@H]2CCN(C(=O)OC3COC3)C[C@H]2N)nc1Nc1ccc(F)cc1. The Morgan fingerprint density at radius 1 is 1.27 bits per heavy atom. The largest absolute Gasteiger partial charge is 0.441 e. The van der Waals surface area contributed by atoms with Crippen molar-refractivity contribution in [3.63, 3.8) is 0 Å². The van der Waals surface area contributed by atoms with E-state index in [1.807, 2.05) is 0 Å². The summed E-state index contributed by atoms with van der Waals surface area (Å²) in [6.45, 7) is 1.57. The molecule has 2 saturated heterocycles. The summed E-state index contributed by atoms with van der Waals surface area (Å²) in [6.07, 6.45) is 1.47. The molecule has 3 heterocycles. The molecule has 1 aromatic heterocycles. The Balaban J connectivity index is 1.46. The molecule has 0 aliphatic carbocycles. The zero-order valence-electron chi connectivity index (χ0n) is 16.2. The van der Waals surface area contributed by atoms with Crippen LogP contribution in [0.5, 0.6) is 0 Å². The van der Waals surface area contributed by atoms with Crippen molar-refractivity contribution in [3.05, 3.63) is 41.8 Å². The van der Waals surface area contributed by atoms with Crippen LogP contribution in [0.1, 0.15) is 22.8 Å². The molecule has 0 spiro atoms. The minimum absolute atomic E-state index is 0.193. The summed E-state index contributed by atoms with van der Waals surface area (Å²) in [6, 6.07) is 5.00. The van der Waals surface area contributed by atoms with Gasteiger partial charge in [0.05, 0.1) is 19.3 Å². The summed E-state index contributed by atoms with van der Waals surface area (Å²) in [4.78, 5) is 25.7. The average Bonchev–Trinajstić information content (AvgIpc) is 3.10. The zero-order chi connectivity index (χ0) is 21.3. The smallest absolute Gasteiger partial charge is 0.410 e. The van der Waals surface area contributed by atoms with E-state index in [1.54, 1.807) is 15.8 Å². The number of nitrogens with zero attached hydrogens (tertiary/aromatic N) is 3. The number of primary amides is 1. The lowest BCUT2D eigenvalue weighted by Crippen LogP contribution is -2.52. The molecule has 2 aliphatic rings. The van der Waals surface area contributed by atoms with E-state index < -0.39 is 18.0 Å². The molecule has 0 radical (unpaired) electrons. The van der Waals surface area contributed by atoms with Gasteiger partial charge in [0.2, 0.25) is 0 Å². The number of aromatic nitrogens is 2. The number of carbonyl (C=O) groups excluding carboxylic acids is 2. The zero-order valence-corrected chi connectivity index (χ0v) is 16.2. The quantitative estimate of drug-likeness (QED) is 0.658. The fourth-order valence-corrected chi connectivity index (χ4v) is 3.47. The Labute approximate surface area is 171 Å². The Morgan fingerprint density at radius 3 is 2.60 bits per heavy atom. The average molecular weight is 418 g/mol. The molecule has 160 valence electrons. The number of ether oxygens (including phenoxy) is 2. The van der Waals surface area contributed by atoms with Crippen LogP contribution < -0.4 is 16.8 Å². The first kappa shape index (κ1) is 20.1. The van der Waals surface area contributed by atoms with Gasteiger partial charge in [0.25, 0.3) is 5.91 Å². The van der Waals surface area contributed by atoms with Crippen LogP contribution in [0.25, 0.3) is 0 Å². The van der Waals surface area contributed by atoms with Gasteiger partial charge in [-0.15, -0.1) is 0 Å². The fourth-order valence-electron chi connectivity index (χ4n) is 3.47. The van der Waals surface area contributed by atoms with E-state index in [9.17, 15) is 14.0 Å². The number of nitrogens with one attached hydrogen (secondary N) is 1. The third-order valence-corrected chi connectivity index (χ3v) is 5.20. The number of nitrogens with two attached hydrogens (primary N) is 2. The maximum absolute atomic E-state index is 13.1. The predicted octanol–water partition coefficient (Wildman–Crippen LogP) is 0.974. The van der Waals surface area contributed by atoms with Crippen molar-refractivity contribution in [2.75, 3.05) is 31.6 Å². The minimum atomic E-state index is -0.650. The fraction of sp³-hybridized carbons (Fsp3) is 0.421. The van der Waals surface area contributed by atoms with E-state index in [-0.39, 0.29) is 29.3 Å². The van der Waals surface area contributed by atoms with Gasteiger partial charge in [-0.05, 0) is 30.7 Å². The lowest BCUT2D eigenvalue weighted by Gasteiger charge is -2.37. The summed E-state index contributed by atoms with van der Waals surface area (Å²) in [7, 11) is 0. The van der Waals surface area contributed by atoms with Crippen molar-refractivity contribution in [1.29, 1.82) is 0 Å². The van der Waals surface area contributed by atoms with Crippen LogP contribution in [0.2, 0.25) is 0 Å². The molecule has 2 atom stereocenters. The van der Waals surface area contributed by atoms with Crippen molar-refractivity contribution in [3.8, 4) is 0 Å². The summed E-state index contributed by atoms with van der Waals surface area (Å²) < 4.78 is 25.1. The van der Waals surface area contributed by atoms with Crippen molar-refractivity contribution in [2.45, 2.75) is 24.6 Å². The molecule has 0 saturated carbocycles. The van der Waals surface area contributed by atoms with Gasteiger partial charge in [0.15, 0.2) is 11.9 Å². The molecule has 4 rings (SSSR count). The van der Waals surface area contributed by atoms with E-state index in [1.165, 1.54) is 24.3 Å². The molecule has 11 heteroatoms. The second kappa shape index (κ2) is 8.28. The predicted molar refractivity (Wildman–Crippen MR) is 105 cm³/mol. The number of carbonyl (C=O) groups is 2. The summed E-state index contributed by atoms with van der Waals surface area (Å²) in [5.74, 6) is -0.765. The molecule has 2 fully saturated rings. The maximum atomic E-state index is 13.1. The van der Waals surface area contributed by atoms with Gasteiger partial charge < -0.3 is 31.2 Å². The van der Waals surface area contributed by atoms with Gasteiger partial charge in [-0.3, -0.25) is 9.48 Å². The van der Waals surface area contributed by atoms with Crippen molar-refractivity contribution in [2.24, 2.45) is 11.5 Å². The number of rotatable bonds is 5. The molecule has 10 nitrogen and oxygen atoms in total. The van der Waals surface area contributed by atoms with Crippen molar-refractivity contribution < 1.29 is 23.5 Å². The Hall–Kier alpha value is -3.18. The van der Waals surface area contributed by atoms with Crippen LogP contribution >= 0.6 is 0 Å². The van der Waals surface area contributed by atoms with Gasteiger partial charge in [0.1, 0.15) is 11.4 Å². The molecule has 5 N–H and O–H groups in total. The van der Waals surface area contributed by atoms with Gasteiger partial charge in [0, 0.05) is 31.0 Å². The van der Waals surface area contributed by atoms with E-state index in [2.05, 4.69) is 10.4 Å². The topological polar surface area (TPSA) is 138 Å². The molecule has 0 unspecified atom stereocenters. The highest BCUT2D eigenvalue weighted by Gasteiger charge is 2.34. The molecular formula is C19H23FN6O4. The van der Waals surface area contributed by atoms with E-state index >= 15 is 0 Å². The first-order valence-electron chi connectivity index (χ1n) is 9.61. The Kier molecular flexibility index (Phi) is 5.55. The summed E-state index contributed by atoms with van der Waals surface area (Å²) in [5.41, 5.74) is 12.6.